The van der Waals surface area contributed by atoms with E-state index in [1.165, 1.54) is 6.07 Å². The van der Waals surface area contributed by atoms with Crippen molar-refractivity contribution in [2.24, 2.45) is 5.41 Å². The third-order valence-electron chi connectivity index (χ3n) is 4.88. The number of carbonyl (C=O) groups is 2. The van der Waals surface area contributed by atoms with Gasteiger partial charge in [0.2, 0.25) is 5.91 Å². The van der Waals surface area contributed by atoms with Crippen LogP contribution >= 0.6 is 57.7 Å². The lowest BCUT2D eigenvalue weighted by Crippen LogP contribution is -2.35. The predicted octanol–water partition coefficient (Wildman–Crippen LogP) is 7.49. The zero-order valence-electron chi connectivity index (χ0n) is 14.9. The van der Waals surface area contributed by atoms with Gasteiger partial charge in [-0.1, -0.05) is 72.6 Å². The molecule has 0 bridgehead atoms. The van der Waals surface area contributed by atoms with Crippen LogP contribution in [0.1, 0.15) is 48.7 Å². The van der Waals surface area contributed by atoms with E-state index >= 15 is 0 Å². The highest BCUT2D eigenvalue weighted by Gasteiger charge is 2.35. The monoisotopic (exact) mass is 479 g/mol. The van der Waals surface area contributed by atoms with E-state index in [-0.39, 0.29) is 36.6 Å². The van der Waals surface area contributed by atoms with Crippen LogP contribution in [0.15, 0.2) is 17.5 Å². The summed E-state index contributed by atoms with van der Waals surface area (Å²) < 4.78 is 5.30. The van der Waals surface area contributed by atoms with Gasteiger partial charge in [-0.2, -0.15) is 0 Å². The summed E-state index contributed by atoms with van der Waals surface area (Å²) in [6, 6.07) is 3.04. The number of benzene rings is 1. The Labute approximate surface area is 187 Å². The van der Waals surface area contributed by atoms with E-state index in [2.05, 4.69) is 5.32 Å². The van der Waals surface area contributed by atoms with E-state index in [1.54, 1.807) is 11.4 Å². The van der Waals surface area contributed by atoms with Crippen molar-refractivity contribution in [3.05, 3.63) is 42.5 Å². The Morgan fingerprint density at radius 3 is 2.32 bits per heavy atom. The normalized spacial score (nSPS) is 15.9. The second-order valence-electron chi connectivity index (χ2n) is 6.93. The minimum absolute atomic E-state index is 0.0281. The number of hydrogen-bond acceptors (Lipinski definition) is 4. The number of carbonyl (C=O) groups excluding carboxylic acids is 2. The van der Waals surface area contributed by atoms with Gasteiger partial charge >= 0.3 is 5.97 Å². The smallest absolute Gasteiger partial charge is 0.355 e. The fourth-order valence-corrected chi connectivity index (χ4v) is 4.86. The maximum Gasteiger partial charge on any atom is 0.355 e. The molecule has 3 rings (SSSR count). The van der Waals surface area contributed by atoms with Crippen LogP contribution in [0.2, 0.25) is 20.1 Å². The quantitative estimate of drug-likeness (QED) is 0.364. The number of anilines is 1. The highest BCUT2D eigenvalue weighted by atomic mass is 35.5. The Balaban J connectivity index is 1.76. The summed E-state index contributed by atoms with van der Waals surface area (Å²) in [5, 5.41) is 4.93. The Morgan fingerprint density at radius 2 is 1.71 bits per heavy atom. The summed E-state index contributed by atoms with van der Waals surface area (Å²) in [7, 11) is 0. The lowest BCUT2D eigenvalue weighted by atomic mass is 9.75. The first-order valence-corrected chi connectivity index (χ1v) is 11.1. The van der Waals surface area contributed by atoms with E-state index in [1.807, 2.05) is 6.92 Å². The second-order valence-corrected chi connectivity index (χ2v) is 9.35. The van der Waals surface area contributed by atoms with Crippen molar-refractivity contribution in [1.29, 1.82) is 0 Å². The third-order valence-corrected chi connectivity index (χ3v) is 7.73. The van der Waals surface area contributed by atoms with Gasteiger partial charge in [0.1, 0.15) is 9.90 Å². The lowest BCUT2D eigenvalue weighted by Gasteiger charge is -2.32. The molecule has 0 saturated heterocycles. The summed E-state index contributed by atoms with van der Waals surface area (Å²) >= 11 is 25.5. The zero-order valence-corrected chi connectivity index (χ0v) is 18.8. The maximum atomic E-state index is 12.7. The van der Waals surface area contributed by atoms with Gasteiger partial charge in [-0.15, -0.1) is 11.3 Å². The standard InChI is InChI=1S/C19H17Cl4NO3S/c1-19(7-3-2-4-8-19)18(26)24-11-5-6-12(15(23)14(11)22)27-17(25)16-13(21)10(20)9-28-16/h5-6,9H,2-4,7-8H2,1H3,(H,24,26). The van der Waals surface area contributed by atoms with Gasteiger partial charge in [0, 0.05) is 10.8 Å². The van der Waals surface area contributed by atoms with Gasteiger partial charge in [-0.05, 0) is 25.0 Å². The van der Waals surface area contributed by atoms with Gasteiger partial charge in [0.25, 0.3) is 0 Å². The molecule has 0 radical (unpaired) electrons. The fraction of sp³-hybridized carbons (Fsp3) is 0.368. The van der Waals surface area contributed by atoms with Crippen LogP contribution in [0, 0.1) is 5.41 Å². The van der Waals surface area contributed by atoms with E-state index in [0.29, 0.717) is 5.69 Å². The van der Waals surface area contributed by atoms with Gasteiger partial charge in [0.15, 0.2) is 5.75 Å². The molecule has 150 valence electrons. The highest BCUT2D eigenvalue weighted by molar-refractivity contribution is 7.13. The van der Waals surface area contributed by atoms with Crippen LogP contribution in [0.3, 0.4) is 0 Å². The first kappa shape index (κ1) is 21.7. The van der Waals surface area contributed by atoms with Crippen LogP contribution in [-0.4, -0.2) is 11.9 Å². The molecular weight excluding hydrogens is 464 g/mol. The van der Waals surface area contributed by atoms with Crippen molar-refractivity contribution >= 4 is 75.3 Å². The van der Waals surface area contributed by atoms with Gasteiger partial charge < -0.3 is 10.1 Å². The first-order chi connectivity index (χ1) is 13.2. The molecule has 0 aliphatic heterocycles. The van der Waals surface area contributed by atoms with E-state index < -0.39 is 11.4 Å². The number of halogens is 4. The topological polar surface area (TPSA) is 55.4 Å². The number of rotatable bonds is 4. The number of amides is 1. The van der Waals surface area contributed by atoms with Crippen LogP contribution in [0.4, 0.5) is 5.69 Å². The molecule has 4 nitrogen and oxygen atoms in total. The number of hydrogen-bond donors (Lipinski definition) is 1. The molecule has 1 aliphatic rings. The highest BCUT2D eigenvalue weighted by Crippen LogP contribution is 2.41. The van der Waals surface area contributed by atoms with Gasteiger partial charge in [0.05, 0.1) is 20.8 Å². The minimum atomic E-state index is -0.689. The Kier molecular flexibility index (Phi) is 6.83. The molecule has 1 saturated carbocycles. The molecule has 1 aromatic carbocycles. The van der Waals surface area contributed by atoms with Crippen molar-refractivity contribution in [1.82, 2.24) is 0 Å². The number of ether oxygens (including phenoxy) is 1. The molecular formula is C19H17Cl4NO3S. The third kappa shape index (κ3) is 4.44. The molecule has 1 amide bonds. The number of esters is 1. The molecule has 1 aliphatic carbocycles. The summed E-state index contributed by atoms with van der Waals surface area (Å²) in [6.45, 7) is 1.96. The van der Waals surface area contributed by atoms with Crippen LogP contribution < -0.4 is 10.1 Å². The van der Waals surface area contributed by atoms with Crippen molar-refractivity contribution in [3.63, 3.8) is 0 Å². The zero-order chi connectivity index (χ0) is 20.5. The minimum Gasteiger partial charge on any atom is -0.421 e. The number of nitrogens with one attached hydrogen (secondary N) is 1. The fourth-order valence-electron chi connectivity index (χ4n) is 3.15. The van der Waals surface area contributed by atoms with Crippen LogP contribution in [-0.2, 0) is 4.79 Å². The average Bonchev–Trinajstić information content (AvgIpc) is 3.01. The van der Waals surface area contributed by atoms with Gasteiger partial charge in [-0.25, -0.2) is 4.79 Å². The average molecular weight is 481 g/mol. The Morgan fingerprint density at radius 1 is 1.04 bits per heavy atom. The molecule has 9 heteroatoms. The molecule has 1 aromatic heterocycles. The van der Waals surface area contributed by atoms with Crippen LogP contribution in [0.5, 0.6) is 5.75 Å². The lowest BCUT2D eigenvalue weighted by molar-refractivity contribution is -0.126. The largest absolute Gasteiger partial charge is 0.421 e. The van der Waals surface area contributed by atoms with Crippen molar-refractivity contribution in [2.75, 3.05) is 5.32 Å². The Bertz CT molecular complexity index is 922. The van der Waals surface area contributed by atoms with E-state index in [4.69, 9.17) is 51.1 Å². The molecule has 28 heavy (non-hydrogen) atoms. The summed E-state index contributed by atoms with van der Waals surface area (Å²) in [5.74, 6) is -0.708. The second kappa shape index (κ2) is 8.80. The molecule has 1 fully saturated rings. The summed E-state index contributed by atoms with van der Waals surface area (Å²) in [5.41, 5.74) is -0.0468. The summed E-state index contributed by atoms with van der Waals surface area (Å²) in [6.07, 6.45) is 4.88. The summed E-state index contributed by atoms with van der Waals surface area (Å²) in [4.78, 5) is 25.2. The van der Waals surface area contributed by atoms with Crippen LogP contribution in [0.25, 0.3) is 0 Å². The Hall–Kier alpha value is -0.980. The molecule has 0 unspecified atom stereocenters. The number of thiophene rings is 1. The molecule has 0 atom stereocenters. The maximum absolute atomic E-state index is 12.7. The van der Waals surface area contributed by atoms with E-state index in [0.717, 1.165) is 43.4 Å². The molecule has 1 N–H and O–H groups in total. The van der Waals surface area contributed by atoms with E-state index in [9.17, 15) is 9.59 Å². The first-order valence-electron chi connectivity index (χ1n) is 8.67. The van der Waals surface area contributed by atoms with Crippen molar-refractivity contribution < 1.29 is 14.3 Å². The molecule has 2 aromatic rings. The SMILES string of the molecule is CC1(C(=O)Nc2ccc(OC(=O)c3scc(Cl)c3Cl)c(Cl)c2Cl)CCCCC1. The predicted molar refractivity (Wildman–Crippen MR) is 116 cm³/mol. The van der Waals surface area contributed by atoms with Crippen molar-refractivity contribution in [3.8, 4) is 5.75 Å². The van der Waals surface area contributed by atoms with Crippen molar-refractivity contribution in [2.45, 2.75) is 39.0 Å². The van der Waals surface area contributed by atoms with Gasteiger partial charge in [-0.3, -0.25) is 4.79 Å². The molecule has 0 spiro atoms. The molecule has 1 heterocycles.